The Hall–Kier alpha value is -0.630. The van der Waals surface area contributed by atoms with Crippen LogP contribution in [0.15, 0.2) is 11.6 Å². The number of hydrogen-bond donors (Lipinski definition) is 1. The third-order valence-electron chi connectivity index (χ3n) is 4.69. The number of carbonyl (C=O) groups is 1. The van der Waals surface area contributed by atoms with Crippen LogP contribution in [0.2, 0.25) is 0 Å². The van der Waals surface area contributed by atoms with E-state index in [1.165, 1.54) is 50.5 Å². The SMILES string of the molecule is C/C(=C\CO)CCC[C@H](C)CCC[C@H](C)CCCC(C)C=O. The van der Waals surface area contributed by atoms with Crippen LogP contribution in [-0.2, 0) is 4.79 Å². The maximum Gasteiger partial charge on any atom is 0.122 e. The fraction of sp³-hybridized carbons (Fsp3) is 0.850. The fourth-order valence-electron chi connectivity index (χ4n) is 2.95. The van der Waals surface area contributed by atoms with Gasteiger partial charge < -0.3 is 9.90 Å². The molecule has 0 saturated heterocycles. The lowest BCUT2D eigenvalue weighted by molar-refractivity contribution is -0.110. The molecule has 0 saturated carbocycles. The molecule has 2 nitrogen and oxygen atoms in total. The molecule has 1 unspecified atom stereocenters. The quantitative estimate of drug-likeness (QED) is 0.338. The van der Waals surface area contributed by atoms with Gasteiger partial charge >= 0.3 is 0 Å². The van der Waals surface area contributed by atoms with Crippen molar-refractivity contribution in [3.05, 3.63) is 11.6 Å². The molecule has 0 amide bonds. The number of allylic oxidation sites excluding steroid dienone is 1. The van der Waals surface area contributed by atoms with Gasteiger partial charge in [-0.3, -0.25) is 0 Å². The molecule has 2 heteroatoms. The molecule has 0 spiro atoms. The van der Waals surface area contributed by atoms with E-state index in [0.717, 1.165) is 31.0 Å². The Kier molecular flexibility index (Phi) is 13.6. The summed E-state index contributed by atoms with van der Waals surface area (Å²) < 4.78 is 0. The first-order chi connectivity index (χ1) is 10.5. The summed E-state index contributed by atoms with van der Waals surface area (Å²) in [5, 5.41) is 8.83. The number of carbonyl (C=O) groups excluding carboxylic acids is 1. The largest absolute Gasteiger partial charge is 0.392 e. The van der Waals surface area contributed by atoms with E-state index in [-0.39, 0.29) is 12.5 Å². The molecule has 3 atom stereocenters. The number of hydrogen-bond acceptors (Lipinski definition) is 2. The third kappa shape index (κ3) is 13.1. The lowest BCUT2D eigenvalue weighted by Crippen LogP contribution is -2.01. The molecule has 0 aliphatic rings. The summed E-state index contributed by atoms with van der Waals surface area (Å²) in [6.07, 6.45) is 14.1. The maximum absolute atomic E-state index is 10.6. The molecule has 1 N–H and O–H groups in total. The van der Waals surface area contributed by atoms with Gasteiger partial charge in [0.2, 0.25) is 0 Å². The van der Waals surface area contributed by atoms with E-state index < -0.39 is 0 Å². The lowest BCUT2D eigenvalue weighted by atomic mass is 9.91. The molecule has 0 aromatic heterocycles. The highest BCUT2D eigenvalue weighted by molar-refractivity contribution is 5.52. The van der Waals surface area contributed by atoms with Gasteiger partial charge in [-0.2, -0.15) is 0 Å². The summed E-state index contributed by atoms with van der Waals surface area (Å²) in [7, 11) is 0. The van der Waals surface area contributed by atoms with E-state index >= 15 is 0 Å². The molecule has 0 aliphatic carbocycles. The molecule has 0 bridgehead atoms. The Bertz CT molecular complexity index is 296. The van der Waals surface area contributed by atoms with E-state index in [2.05, 4.69) is 20.8 Å². The van der Waals surface area contributed by atoms with E-state index in [9.17, 15) is 4.79 Å². The topological polar surface area (TPSA) is 37.3 Å². The van der Waals surface area contributed by atoms with Crippen molar-refractivity contribution in [1.82, 2.24) is 0 Å². The normalized spacial score (nSPS) is 16.3. The van der Waals surface area contributed by atoms with E-state index in [4.69, 9.17) is 5.11 Å². The predicted molar refractivity (Wildman–Crippen MR) is 96.0 cm³/mol. The van der Waals surface area contributed by atoms with Crippen molar-refractivity contribution in [2.24, 2.45) is 17.8 Å². The summed E-state index contributed by atoms with van der Waals surface area (Å²) in [6.45, 7) is 9.00. The van der Waals surface area contributed by atoms with Crippen LogP contribution in [0.3, 0.4) is 0 Å². The molecule has 22 heavy (non-hydrogen) atoms. The van der Waals surface area contributed by atoms with Crippen molar-refractivity contribution in [1.29, 1.82) is 0 Å². The zero-order valence-electron chi connectivity index (χ0n) is 15.3. The van der Waals surface area contributed by atoms with Crippen LogP contribution in [0.1, 0.15) is 85.5 Å². The summed E-state index contributed by atoms with van der Waals surface area (Å²) in [5.41, 5.74) is 1.31. The average molecular weight is 311 g/mol. The van der Waals surface area contributed by atoms with Crippen LogP contribution in [0.25, 0.3) is 0 Å². The maximum atomic E-state index is 10.6. The first-order valence-electron chi connectivity index (χ1n) is 9.21. The van der Waals surface area contributed by atoms with Gasteiger partial charge in [-0.1, -0.05) is 70.9 Å². The van der Waals surface area contributed by atoms with Gasteiger partial charge in [-0.15, -0.1) is 0 Å². The molecule has 0 rings (SSSR count). The van der Waals surface area contributed by atoms with Crippen molar-refractivity contribution in [2.75, 3.05) is 6.61 Å². The molecular formula is C20H38O2. The Morgan fingerprint density at radius 2 is 1.41 bits per heavy atom. The van der Waals surface area contributed by atoms with Gasteiger partial charge in [-0.25, -0.2) is 0 Å². The van der Waals surface area contributed by atoms with Crippen LogP contribution >= 0.6 is 0 Å². The lowest BCUT2D eigenvalue weighted by Gasteiger charge is -2.15. The zero-order valence-corrected chi connectivity index (χ0v) is 15.3. The fourth-order valence-corrected chi connectivity index (χ4v) is 2.95. The predicted octanol–water partition coefficient (Wildman–Crippen LogP) is 5.54. The molecular weight excluding hydrogens is 272 g/mol. The first kappa shape index (κ1) is 21.4. The Labute approximate surface area is 138 Å². The summed E-state index contributed by atoms with van der Waals surface area (Å²) >= 11 is 0. The summed E-state index contributed by atoms with van der Waals surface area (Å²) in [5.74, 6) is 1.83. The minimum Gasteiger partial charge on any atom is -0.392 e. The van der Waals surface area contributed by atoms with Gasteiger partial charge in [0.15, 0.2) is 0 Å². The number of aliphatic hydroxyl groups is 1. The number of aliphatic hydroxyl groups excluding tert-OH is 1. The van der Waals surface area contributed by atoms with E-state index in [1.54, 1.807) is 0 Å². The van der Waals surface area contributed by atoms with E-state index in [1.807, 2.05) is 13.0 Å². The van der Waals surface area contributed by atoms with Crippen molar-refractivity contribution in [2.45, 2.75) is 85.5 Å². The minimum atomic E-state index is 0.172. The van der Waals surface area contributed by atoms with Crippen LogP contribution in [0.5, 0.6) is 0 Å². The molecule has 0 heterocycles. The van der Waals surface area contributed by atoms with Crippen molar-refractivity contribution in [3.8, 4) is 0 Å². The molecule has 0 fully saturated rings. The number of aldehydes is 1. The standard InChI is InChI=1S/C20H38O2/c1-17(10-6-12-19(3)14-15-21)8-5-9-18(2)11-7-13-20(4)16-22/h14,16-18,20-21H,5-13,15H2,1-4H3/b19-14+/t17-,18+,20?/m1/s1. The second-order valence-electron chi connectivity index (χ2n) is 7.31. The number of rotatable bonds is 14. The summed E-state index contributed by atoms with van der Waals surface area (Å²) in [6, 6.07) is 0. The zero-order chi connectivity index (χ0) is 16.8. The van der Waals surface area contributed by atoms with Crippen LogP contribution < -0.4 is 0 Å². The molecule has 130 valence electrons. The Morgan fingerprint density at radius 1 is 0.909 bits per heavy atom. The third-order valence-corrected chi connectivity index (χ3v) is 4.69. The minimum absolute atomic E-state index is 0.172. The molecule has 0 aromatic carbocycles. The van der Waals surface area contributed by atoms with Gasteiger partial charge in [0.1, 0.15) is 6.29 Å². The second-order valence-corrected chi connectivity index (χ2v) is 7.31. The highest BCUT2D eigenvalue weighted by atomic mass is 16.2. The summed E-state index contributed by atoms with van der Waals surface area (Å²) in [4.78, 5) is 10.6. The van der Waals surface area contributed by atoms with Gasteiger partial charge in [0.25, 0.3) is 0 Å². The van der Waals surface area contributed by atoms with Crippen molar-refractivity contribution >= 4 is 6.29 Å². The molecule has 0 aromatic rings. The monoisotopic (exact) mass is 310 g/mol. The first-order valence-corrected chi connectivity index (χ1v) is 9.21. The highest BCUT2D eigenvalue weighted by Crippen LogP contribution is 2.21. The van der Waals surface area contributed by atoms with Gasteiger partial charge in [-0.05, 0) is 38.0 Å². The van der Waals surface area contributed by atoms with Gasteiger partial charge in [0.05, 0.1) is 6.61 Å². The van der Waals surface area contributed by atoms with Crippen molar-refractivity contribution in [3.63, 3.8) is 0 Å². The molecule has 0 radical (unpaired) electrons. The molecule has 0 aliphatic heterocycles. The Balaban J connectivity index is 3.56. The van der Waals surface area contributed by atoms with Gasteiger partial charge in [0, 0.05) is 5.92 Å². The van der Waals surface area contributed by atoms with Crippen LogP contribution in [0.4, 0.5) is 0 Å². The van der Waals surface area contributed by atoms with Crippen LogP contribution in [-0.4, -0.2) is 18.0 Å². The van der Waals surface area contributed by atoms with Crippen LogP contribution in [0, 0.1) is 17.8 Å². The Morgan fingerprint density at radius 3 is 1.91 bits per heavy atom. The smallest absolute Gasteiger partial charge is 0.122 e. The van der Waals surface area contributed by atoms with Crippen molar-refractivity contribution < 1.29 is 9.90 Å². The highest BCUT2D eigenvalue weighted by Gasteiger charge is 2.07. The average Bonchev–Trinajstić information content (AvgIpc) is 2.47. The van der Waals surface area contributed by atoms with E-state index in [0.29, 0.717) is 0 Å². The second kappa shape index (κ2) is 14.0.